The predicted octanol–water partition coefficient (Wildman–Crippen LogP) is 7.91. The molecule has 4 fully saturated rings. The molecule has 0 N–H and O–H groups in total. The van der Waals surface area contributed by atoms with Crippen LogP contribution in [-0.2, 0) is 9.53 Å². The summed E-state index contributed by atoms with van der Waals surface area (Å²) >= 11 is 0. The number of carbonyl (C=O) groups is 1. The molecule has 0 aliphatic heterocycles. The summed E-state index contributed by atoms with van der Waals surface area (Å²) in [6, 6.07) is 25.0. The molecule has 37 heavy (non-hydrogen) atoms. The van der Waals surface area contributed by atoms with E-state index in [1.807, 2.05) is 26.0 Å². The maximum absolute atomic E-state index is 13.0. The lowest BCUT2D eigenvalue weighted by Crippen LogP contribution is -2.58. The average Bonchev–Trinajstić information content (AvgIpc) is 2.88. The molecule has 4 bridgehead atoms. The SMILES string of the molecule is Cc1cc(N(c2ccccc2)c2ccccc2)cc(C)c1OCC(=O)OC1(C)C2CC3CC(C2)CC1C3. The summed E-state index contributed by atoms with van der Waals surface area (Å²) in [7, 11) is 0. The van der Waals surface area contributed by atoms with E-state index in [1.165, 1.54) is 32.1 Å². The van der Waals surface area contributed by atoms with Crippen molar-refractivity contribution in [3.63, 3.8) is 0 Å². The molecule has 0 aromatic heterocycles. The Morgan fingerprint density at radius 1 is 0.784 bits per heavy atom. The molecule has 192 valence electrons. The Balaban J connectivity index is 1.19. The van der Waals surface area contributed by atoms with Crippen molar-refractivity contribution in [2.45, 2.75) is 58.5 Å². The predicted molar refractivity (Wildman–Crippen MR) is 148 cm³/mol. The lowest BCUT2D eigenvalue weighted by atomic mass is 9.50. The van der Waals surface area contributed by atoms with Crippen LogP contribution in [0.3, 0.4) is 0 Å². The van der Waals surface area contributed by atoms with Crippen molar-refractivity contribution in [1.29, 1.82) is 0 Å². The number of ether oxygens (including phenoxy) is 2. The molecule has 7 rings (SSSR count). The molecule has 0 radical (unpaired) electrons. The van der Waals surface area contributed by atoms with Crippen LogP contribution in [0.4, 0.5) is 17.1 Å². The van der Waals surface area contributed by atoms with Gasteiger partial charge in [-0.25, -0.2) is 4.79 Å². The Hall–Kier alpha value is -3.27. The summed E-state index contributed by atoms with van der Waals surface area (Å²) in [6.07, 6.45) is 6.27. The lowest BCUT2D eigenvalue weighted by Gasteiger charge is -2.59. The maximum Gasteiger partial charge on any atom is 0.344 e. The third-order valence-electron chi connectivity index (χ3n) is 9.16. The molecule has 4 aliphatic carbocycles. The molecular weight excluding hydrogens is 458 g/mol. The van der Waals surface area contributed by atoms with Gasteiger partial charge in [-0.1, -0.05) is 36.4 Å². The number of benzene rings is 3. The van der Waals surface area contributed by atoms with E-state index in [4.69, 9.17) is 9.47 Å². The molecule has 0 saturated heterocycles. The summed E-state index contributed by atoms with van der Waals surface area (Å²) in [5, 5.41) is 0. The van der Waals surface area contributed by atoms with Crippen molar-refractivity contribution in [2.75, 3.05) is 11.5 Å². The zero-order valence-electron chi connectivity index (χ0n) is 22.2. The Morgan fingerprint density at radius 2 is 1.27 bits per heavy atom. The van der Waals surface area contributed by atoms with Crippen molar-refractivity contribution in [3.8, 4) is 5.75 Å². The molecule has 4 aliphatic rings. The number of anilines is 3. The van der Waals surface area contributed by atoms with Crippen LogP contribution in [0.2, 0.25) is 0 Å². The van der Waals surface area contributed by atoms with Crippen molar-refractivity contribution in [3.05, 3.63) is 83.9 Å². The second-order valence-electron chi connectivity index (χ2n) is 11.7. The van der Waals surface area contributed by atoms with Crippen LogP contribution in [-0.4, -0.2) is 18.2 Å². The minimum atomic E-state index is -0.326. The van der Waals surface area contributed by atoms with Crippen LogP contribution in [0.15, 0.2) is 72.8 Å². The second-order valence-corrected chi connectivity index (χ2v) is 11.7. The summed E-state index contributed by atoms with van der Waals surface area (Å²) < 4.78 is 12.3. The van der Waals surface area contributed by atoms with Gasteiger partial charge in [0.05, 0.1) is 0 Å². The van der Waals surface area contributed by atoms with Crippen molar-refractivity contribution >= 4 is 23.0 Å². The molecule has 3 aromatic rings. The molecule has 0 heterocycles. The molecule has 0 atom stereocenters. The van der Waals surface area contributed by atoms with Gasteiger partial charge < -0.3 is 14.4 Å². The minimum absolute atomic E-state index is 0.0516. The van der Waals surface area contributed by atoms with Gasteiger partial charge >= 0.3 is 5.97 Å². The lowest BCUT2D eigenvalue weighted by molar-refractivity contribution is -0.204. The number of esters is 1. The highest BCUT2D eigenvalue weighted by Gasteiger charge is 2.57. The van der Waals surface area contributed by atoms with E-state index in [9.17, 15) is 4.79 Å². The molecule has 4 heteroatoms. The van der Waals surface area contributed by atoms with E-state index in [-0.39, 0.29) is 18.2 Å². The van der Waals surface area contributed by atoms with Crippen LogP contribution in [0.5, 0.6) is 5.75 Å². The van der Waals surface area contributed by atoms with Gasteiger partial charge in [0.25, 0.3) is 0 Å². The summed E-state index contributed by atoms with van der Waals surface area (Å²) in [5.41, 5.74) is 4.92. The van der Waals surface area contributed by atoms with E-state index in [2.05, 4.69) is 72.5 Å². The smallest absolute Gasteiger partial charge is 0.344 e. The van der Waals surface area contributed by atoms with Gasteiger partial charge in [-0.3, -0.25) is 0 Å². The van der Waals surface area contributed by atoms with Crippen molar-refractivity contribution in [2.24, 2.45) is 23.7 Å². The number of nitrogens with zero attached hydrogens (tertiary/aromatic N) is 1. The Bertz CT molecular complexity index is 1180. The topological polar surface area (TPSA) is 38.8 Å². The number of aryl methyl sites for hydroxylation is 2. The first kappa shape index (κ1) is 24.1. The highest BCUT2D eigenvalue weighted by Crippen LogP contribution is 2.59. The van der Waals surface area contributed by atoms with E-state index in [0.717, 1.165) is 45.8 Å². The zero-order valence-corrected chi connectivity index (χ0v) is 22.2. The first-order valence-electron chi connectivity index (χ1n) is 13.8. The summed E-state index contributed by atoms with van der Waals surface area (Å²) in [4.78, 5) is 15.3. The van der Waals surface area contributed by atoms with E-state index >= 15 is 0 Å². The number of hydrogen-bond acceptors (Lipinski definition) is 4. The van der Waals surface area contributed by atoms with Gasteiger partial charge in [-0.05, 0) is 124 Å². The quantitative estimate of drug-likeness (QED) is 0.312. The maximum atomic E-state index is 13.0. The van der Waals surface area contributed by atoms with Crippen LogP contribution in [0.1, 0.15) is 50.2 Å². The fourth-order valence-corrected chi connectivity index (χ4v) is 7.58. The van der Waals surface area contributed by atoms with E-state index in [1.54, 1.807) is 0 Å². The molecule has 4 nitrogen and oxygen atoms in total. The third-order valence-corrected chi connectivity index (χ3v) is 9.16. The highest BCUT2D eigenvalue weighted by molar-refractivity contribution is 5.78. The monoisotopic (exact) mass is 495 g/mol. The Kier molecular flexibility index (Phi) is 6.22. The van der Waals surface area contributed by atoms with Gasteiger partial charge in [0.1, 0.15) is 11.4 Å². The molecule has 4 saturated carbocycles. The number of hydrogen-bond donors (Lipinski definition) is 0. The second kappa shape index (κ2) is 9.55. The zero-order chi connectivity index (χ0) is 25.6. The van der Waals surface area contributed by atoms with Crippen molar-refractivity contribution in [1.82, 2.24) is 0 Å². The summed E-state index contributed by atoms with van der Waals surface area (Å²) in [6.45, 7) is 6.23. The van der Waals surface area contributed by atoms with Crippen molar-refractivity contribution < 1.29 is 14.3 Å². The van der Waals surface area contributed by atoms with Crippen LogP contribution < -0.4 is 9.64 Å². The van der Waals surface area contributed by atoms with E-state index in [0.29, 0.717) is 11.8 Å². The number of para-hydroxylation sites is 2. The number of carbonyl (C=O) groups excluding carboxylic acids is 1. The molecule has 0 unspecified atom stereocenters. The number of rotatable bonds is 7. The highest BCUT2D eigenvalue weighted by atomic mass is 16.6. The Morgan fingerprint density at radius 3 is 1.76 bits per heavy atom. The summed E-state index contributed by atoms with van der Waals surface area (Å²) in [5.74, 6) is 3.24. The van der Waals surface area contributed by atoms with Gasteiger partial charge in [0.2, 0.25) is 0 Å². The molecule has 0 spiro atoms. The normalized spacial score (nSPS) is 27.6. The Labute approximate surface area is 220 Å². The molecule has 0 amide bonds. The van der Waals surface area contributed by atoms with Crippen LogP contribution in [0, 0.1) is 37.5 Å². The van der Waals surface area contributed by atoms with E-state index < -0.39 is 0 Å². The largest absolute Gasteiger partial charge is 0.481 e. The molecule has 3 aromatic carbocycles. The minimum Gasteiger partial charge on any atom is -0.481 e. The van der Waals surface area contributed by atoms with Crippen LogP contribution >= 0.6 is 0 Å². The fraction of sp³-hybridized carbons (Fsp3) is 0.424. The van der Waals surface area contributed by atoms with Gasteiger partial charge in [0.15, 0.2) is 6.61 Å². The molecular formula is C33H37NO3. The first-order chi connectivity index (χ1) is 17.9. The van der Waals surface area contributed by atoms with Gasteiger partial charge in [-0.2, -0.15) is 0 Å². The average molecular weight is 496 g/mol. The third kappa shape index (κ3) is 4.52. The first-order valence-corrected chi connectivity index (χ1v) is 13.8. The van der Waals surface area contributed by atoms with Gasteiger partial charge in [0, 0.05) is 17.1 Å². The van der Waals surface area contributed by atoms with Gasteiger partial charge in [-0.15, -0.1) is 0 Å². The fourth-order valence-electron chi connectivity index (χ4n) is 7.58. The van der Waals surface area contributed by atoms with Crippen LogP contribution in [0.25, 0.3) is 0 Å². The standard InChI is InChI=1S/C33H37NO3/c1-22-14-30(34(28-10-6-4-7-11-28)29-12-8-5-9-13-29)15-23(2)32(22)36-21-31(35)37-33(3)26-17-24-16-25(19-26)20-27(33)18-24/h4-15,24-27H,16-21H2,1-3H3.